The van der Waals surface area contributed by atoms with E-state index < -0.39 is 59.6 Å². The van der Waals surface area contributed by atoms with Gasteiger partial charge < -0.3 is 0 Å². The maximum Gasteiger partial charge on any atom is 0.283 e. The number of aromatic nitrogens is 1. The van der Waals surface area contributed by atoms with Gasteiger partial charge in [-0.15, -0.1) is 11.3 Å². The predicted octanol–water partition coefficient (Wildman–Crippen LogP) is 5.37. The summed E-state index contributed by atoms with van der Waals surface area (Å²) >= 11 is 3.12. The number of thioether (sulfide) groups is 2. The summed E-state index contributed by atoms with van der Waals surface area (Å²) in [5.41, 5.74) is 0.260. The second-order valence-electron chi connectivity index (χ2n) is 8.94. The van der Waals surface area contributed by atoms with E-state index in [9.17, 15) is 50.0 Å². The Labute approximate surface area is 262 Å². The molecule has 4 aromatic rings. The lowest BCUT2D eigenvalue weighted by atomic mass is 10.1. The molecule has 1 N–H and O–H groups in total. The average molecular weight is 670 g/mol. The van der Waals surface area contributed by atoms with E-state index in [-0.39, 0.29) is 21.8 Å². The molecule has 0 spiro atoms. The molecule has 0 aliphatic carbocycles. The number of rotatable bonds is 10. The van der Waals surface area contributed by atoms with Gasteiger partial charge >= 0.3 is 0 Å². The Morgan fingerprint density at radius 2 is 1.56 bits per heavy atom. The smallest absolute Gasteiger partial charge is 0.272 e. The number of non-ortho nitro benzene ring substituents is 2. The monoisotopic (exact) mass is 669 g/mol. The molecule has 45 heavy (non-hydrogen) atoms. The van der Waals surface area contributed by atoms with Crippen molar-refractivity contribution < 1.29 is 29.3 Å². The topological polar surface area (TPSA) is 235 Å². The normalized spacial score (nSPS) is 15.4. The molecule has 2 heterocycles. The summed E-state index contributed by atoms with van der Waals surface area (Å²) in [7, 11) is 0. The van der Waals surface area contributed by atoms with Crippen LogP contribution in [-0.2, 0) is 9.59 Å². The Bertz CT molecular complexity index is 1930. The van der Waals surface area contributed by atoms with Gasteiger partial charge in [-0.3, -0.25) is 55.5 Å². The summed E-state index contributed by atoms with van der Waals surface area (Å²) in [6, 6.07) is 12.9. The van der Waals surface area contributed by atoms with Gasteiger partial charge in [0.05, 0.1) is 63.8 Å². The second kappa shape index (κ2) is 12.6. The lowest BCUT2D eigenvalue weighted by molar-refractivity contribution is -0.394. The van der Waals surface area contributed by atoms with Crippen molar-refractivity contribution in [3.8, 4) is 0 Å². The van der Waals surface area contributed by atoms with E-state index in [0.29, 0.717) is 28.2 Å². The van der Waals surface area contributed by atoms with Gasteiger partial charge in [0, 0.05) is 12.1 Å². The van der Waals surface area contributed by atoms with Crippen LogP contribution in [0.25, 0.3) is 16.3 Å². The number of amides is 2. The zero-order valence-electron chi connectivity index (χ0n) is 22.1. The highest BCUT2D eigenvalue weighted by atomic mass is 32.2. The molecular formula is C25H15N7O10S3. The molecule has 17 nitrogen and oxygen atoms in total. The van der Waals surface area contributed by atoms with Gasteiger partial charge in [-0.05, 0) is 30.3 Å². The van der Waals surface area contributed by atoms with Crippen molar-refractivity contribution in [2.45, 2.75) is 9.71 Å². The molecule has 2 amide bonds. The van der Waals surface area contributed by atoms with E-state index >= 15 is 0 Å². The number of fused-ring (bicyclic) bond motifs is 1. The Hall–Kier alpha value is -5.47. The molecule has 20 heteroatoms. The molecule has 3 aromatic carbocycles. The van der Waals surface area contributed by atoms with Crippen molar-refractivity contribution in [3.63, 3.8) is 0 Å². The minimum atomic E-state index is -1.32. The van der Waals surface area contributed by atoms with Gasteiger partial charge in [0.15, 0.2) is 4.34 Å². The Balaban J connectivity index is 1.49. The van der Waals surface area contributed by atoms with E-state index in [1.165, 1.54) is 11.3 Å². The van der Waals surface area contributed by atoms with E-state index in [2.05, 4.69) is 10.4 Å². The highest BCUT2D eigenvalue weighted by Crippen LogP contribution is 2.48. The fourth-order valence-electron chi connectivity index (χ4n) is 4.14. The van der Waals surface area contributed by atoms with Crippen molar-refractivity contribution in [1.29, 1.82) is 0 Å². The molecule has 1 unspecified atom stereocenters. The first kappa shape index (κ1) is 31.0. The minimum Gasteiger partial charge on any atom is -0.272 e. The number of nitro groups is 4. The molecule has 1 aliphatic rings. The number of para-hydroxylation sites is 1. The Morgan fingerprint density at radius 3 is 2.20 bits per heavy atom. The molecule has 1 saturated heterocycles. The molecule has 0 bridgehead atoms. The van der Waals surface area contributed by atoms with Crippen LogP contribution in [-0.4, -0.2) is 47.3 Å². The quantitative estimate of drug-likeness (QED) is 0.0969. The standard InChI is InChI=1S/C25H15N7O10S3/c33-22(12-43-25-26-17-3-1-2-4-20(17)45-25)27-28-23(34)21(9-13-5-6-14(29(35)36)10-18(13)31(39)40)44-24(28)16-8-7-15(30(37)38)11-19(16)32(41)42/h1-11,24H,12H2,(H,27,33)/b21-9-. The van der Waals surface area contributed by atoms with Crippen molar-refractivity contribution >= 4 is 85.7 Å². The number of hydrogen-bond donors (Lipinski definition) is 1. The van der Waals surface area contributed by atoms with Crippen LogP contribution in [0.15, 0.2) is 69.9 Å². The van der Waals surface area contributed by atoms with E-state index in [1.807, 2.05) is 18.2 Å². The molecule has 5 rings (SSSR count). The first-order valence-electron chi connectivity index (χ1n) is 12.3. The fraction of sp³-hybridized carbons (Fsp3) is 0.0800. The van der Waals surface area contributed by atoms with Crippen LogP contribution in [0.2, 0.25) is 0 Å². The third kappa shape index (κ3) is 6.56. The highest BCUT2D eigenvalue weighted by molar-refractivity contribution is 8.04. The fourth-order valence-corrected chi connectivity index (χ4v) is 7.22. The number of thiazole rings is 1. The number of benzene rings is 3. The average Bonchev–Trinajstić information content (AvgIpc) is 3.56. The number of nitrogens with one attached hydrogen (secondary N) is 1. The van der Waals surface area contributed by atoms with Crippen molar-refractivity contribution in [3.05, 3.63) is 117 Å². The number of nitro benzene ring substituents is 4. The Morgan fingerprint density at radius 1 is 0.911 bits per heavy atom. The van der Waals surface area contributed by atoms with Gasteiger partial charge in [0.25, 0.3) is 28.7 Å². The first-order chi connectivity index (χ1) is 21.4. The molecule has 228 valence electrons. The summed E-state index contributed by atoms with van der Waals surface area (Å²) < 4.78 is 1.47. The van der Waals surface area contributed by atoms with Gasteiger partial charge in [0.2, 0.25) is 5.91 Å². The molecule has 1 fully saturated rings. The van der Waals surface area contributed by atoms with Gasteiger partial charge in [0.1, 0.15) is 5.37 Å². The summed E-state index contributed by atoms with van der Waals surface area (Å²) in [4.78, 5) is 73.4. The van der Waals surface area contributed by atoms with Gasteiger partial charge in [-0.2, -0.15) is 0 Å². The van der Waals surface area contributed by atoms with Crippen molar-refractivity contribution in [2.24, 2.45) is 0 Å². The lowest BCUT2D eigenvalue weighted by Crippen LogP contribution is -2.45. The number of hydrogen-bond acceptors (Lipinski definition) is 14. The third-order valence-corrected chi connectivity index (χ3v) is 9.56. The first-order valence-corrected chi connectivity index (χ1v) is 15.0. The molecule has 0 radical (unpaired) electrons. The minimum absolute atomic E-state index is 0.176. The maximum atomic E-state index is 13.6. The number of nitrogens with zero attached hydrogens (tertiary/aromatic N) is 6. The van der Waals surface area contributed by atoms with Crippen LogP contribution < -0.4 is 5.43 Å². The summed E-state index contributed by atoms with van der Waals surface area (Å²) in [5.74, 6) is -1.80. The Kier molecular flexibility index (Phi) is 8.70. The summed E-state index contributed by atoms with van der Waals surface area (Å²) in [6.45, 7) is 0. The van der Waals surface area contributed by atoms with Crippen LogP contribution in [0.1, 0.15) is 16.5 Å². The van der Waals surface area contributed by atoms with Crippen LogP contribution in [0.3, 0.4) is 0 Å². The molecule has 1 aliphatic heterocycles. The van der Waals surface area contributed by atoms with Crippen molar-refractivity contribution in [2.75, 3.05) is 5.75 Å². The van der Waals surface area contributed by atoms with Gasteiger partial charge in [-0.25, -0.2) is 9.99 Å². The van der Waals surface area contributed by atoms with Gasteiger partial charge in [-0.1, -0.05) is 35.7 Å². The maximum absolute atomic E-state index is 13.6. The van der Waals surface area contributed by atoms with E-state index in [4.69, 9.17) is 0 Å². The summed E-state index contributed by atoms with van der Waals surface area (Å²) in [6.07, 6.45) is 1.07. The largest absolute Gasteiger partial charge is 0.283 e. The molecular weight excluding hydrogens is 655 g/mol. The molecule has 1 atom stereocenters. The van der Waals surface area contributed by atoms with Crippen LogP contribution >= 0.6 is 34.9 Å². The zero-order valence-corrected chi connectivity index (χ0v) is 24.6. The second-order valence-corrected chi connectivity index (χ2v) is 12.3. The predicted molar refractivity (Wildman–Crippen MR) is 163 cm³/mol. The third-order valence-electron chi connectivity index (χ3n) is 6.14. The van der Waals surface area contributed by atoms with Crippen LogP contribution in [0.4, 0.5) is 22.7 Å². The number of carbonyl (C=O) groups is 2. The van der Waals surface area contributed by atoms with Crippen molar-refractivity contribution in [1.82, 2.24) is 15.4 Å². The highest BCUT2D eigenvalue weighted by Gasteiger charge is 2.42. The van der Waals surface area contributed by atoms with Crippen LogP contribution in [0.5, 0.6) is 0 Å². The number of hydrazine groups is 1. The summed E-state index contributed by atoms with van der Waals surface area (Å²) in [5, 5.41) is 45.4. The molecule has 1 aromatic heterocycles. The van der Waals surface area contributed by atoms with E-state index in [1.54, 1.807) is 6.07 Å². The molecule has 0 saturated carbocycles. The zero-order chi connectivity index (χ0) is 32.4. The van der Waals surface area contributed by atoms with Crippen LogP contribution in [0, 0.1) is 40.5 Å². The number of carbonyl (C=O) groups excluding carboxylic acids is 2. The van der Waals surface area contributed by atoms with E-state index in [0.717, 1.165) is 57.3 Å². The SMILES string of the molecule is O=C(CSc1nc2ccccc2s1)NN1C(=O)/C(=C/c2ccc([N+](=O)[O-])cc2[N+](=O)[O-])SC1c1ccc([N+](=O)[O-])cc1[N+](=O)[O-]. The lowest BCUT2D eigenvalue weighted by Gasteiger charge is -2.23.